The van der Waals surface area contributed by atoms with Gasteiger partial charge in [0.15, 0.2) is 0 Å². The first-order chi connectivity index (χ1) is 3.56. The zero-order valence-electron chi connectivity index (χ0n) is 4.94. The third-order valence-corrected chi connectivity index (χ3v) is 0.894. The van der Waals surface area contributed by atoms with Crippen LogP contribution in [0, 0.1) is 0 Å². The number of aliphatic hydroxyl groups excluding tert-OH is 1. The minimum atomic E-state index is -4.28. The van der Waals surface area contributed by atoms with E-state index in [0.29, 0.717) is 5.41 Å². The molecule has 0 rings (SSSR count). The molecular weight excluding hydrogens is 139 g/mol. The molecule has 0 saturated heterocycles. The van der Waals surface area contributed by atoms with Gasteiger partial charge in [-0.15, -0.1) is 0 Å². The molecule has 4 nitrogen and oxygen atoms in total. The summed E-state index contributed by atoms with van der Waals surface area (Å²) in [6.45, 7) is -0.429. The van der Waals surface area contributed by atoms with Gasteiger partial charge in [0, 0.05) is 5.41 Å². The van der Waals surface area contributed by atoms with Gasteiger partial charge in [0.1, 0.15) is 10.1 Å². The molecule has 0 aliphatic heterocycles. The van der Waals surface area contributed by atoms with Crippen LogP contribution in [-0.4, -0.2) is 24.7 Å². The van der Waals surface area contributed by atoms with Crippen LogP contribution in [0.1, 0.15) is 0 Å². The summed E-state index contributed by atoms with van der Waals surface area (Å²) in [7, 11) is -4.28. The Hall–Kier alpha value is 0.207. The van der Waals surface area contributed by atoms with Gasteiger partial charge in [0.25, 0.3) is 0 Å². The molecule has 0 aromatic rings. The van der Waals surface area contributed by atoms with Crippen molar-refractivity contribution in [1.29, 1.82) is 0 Å². The molecule has 0 fully saturated rings. The van der Waals surface area contributed by atoms with E-state index >= 15 is 0 Å². The normalized spacial score (nSPS) is 11.3. The van der Waals surface area contributed by atoms with Crippen molar-refractivity contribution < 1.29 is 36.9 Å². The van der Waals surface area contributed by atoms with E-state index in [1.165, 1.54) is 0 Å². The first-order valence-electron chi connectivity index (χ1n) is 1.79. The van der Waals surface area contributed by atoms with Crippen molar-refractivity contribution in [2.24, 2.45) is 0 Å². The van der Waals surface area contributed by atoms with Gasteiger partial charge in [-0.3, -0.25) is 0 Å². The summed E-state index contributed by atoms with van der Waals surface area (Å²) in [5.74, 6) is 0. The summed E-state index contributed by atoms with van der Waals surface area (Å²) in [6.07, 6.45) is 0.863. The van der Waals surface area contributed by atoms with Crippen LogP contribution < -0.4 is 18.9 Å². The molecule has 6 heteroatoms. The van der Waals surface area contributed by atoms with E-state index in [4.69, 9.17) is 5.11 Å². The Morgan fingerprint density at radius 2 is 2.00 bits per heavy atom. The number of aliphatic hydroxyl groups is 1. The van der Waals surface area contributed by atoms with Crippen LogP contribution in [0.5, 0.6) is 0 Å². The van der Waals surface area contributed by atoms with Crippen LogP contribution in [-0.2, 0) is 10.1 Å². The fourth-order valence-corrected chi connectivity index (χ4v) is 0.483. The second-order valence-electron chi connectivity index (χ2n) is 1.05. The standard InChI is InChI=1S/C3H6O4S.Li/c4-2-1-3-8(5,6)7;/h1,3-4H,2H2,(H,5,6,7);/q;+1/p-1. The summed E-state index contributed by atoms with van der Waals surface area (Å²) in [5.41, 5.74) is 0. The third kappa shape index (κ3) is 11.7. The van der Waals surface area contributed by atoms with Gasteiger partial charge in [0.05, 0.1) is 6.61 Å². The largest absolute Gasteiger partial charge is 1.00 e. The third-order valence-electron chi connectivity index (χ3n) is 0.368. The molecule has 9 heavy (non-hydrogen) atoms. The Balaban J connectivity index is 0. The molecule has 0 amide bonds. The maximum Gasteiger partial charge on any atom is 1.00 e. The summed E-state index contributed by atoms with van der Waals surface area (Å²) >= 11 is 0. The van der Waals surface area contributed by atoms with Crippen molar-refractivity contribution in [3.05, 3.63) is 11.5 Å². The fourth-order valence-electron chi connectivity index (χ4n) is 0.161. The van der Waals surface area contributed by atoms with E-state index in [0.717, 1.165) is 6.08 Å². The minimum absolute atomic E-state index is 0. The van der Waals surface area contributed by atoms with Gasteiger partial charge in [-0.25, -0.2) is 8.42 Å². The van der Waals surface area contributed by atoms with Crippen LogP contribution in [0.2, 0.25) is 0 Å². The number of hydrogen-bond acceptors (Lipinski definition) is 4. The molecule has 0 aromatic carbocycles. The Kier molecular flexibility index (Phi) is 6.67. The molecule has 0 radical (unpaired) electrons. The zero-order chi connectivity index (χ0) is 6.62. The molecule has 0 atom stereocenters. The van der Waals surface area contributed by atoms with Crippen molar-refractivity contribution in [2.75, 3.05) is 6.61 Å². The molecule has 0 heterocycles. The van der Waals surface area contributed by atoms with Crippen LogP contribution in [0.4, 0.5) is 0 Å². The average Bonchev–Trinajstić information content (AvgIpc) is 1.59. The smallest absolute Gasteiger partial charge is 0.744 e. The molecule has 0 spiro atoms. The molecule has 0 aliphatic carbocycles. The Morgan fingerprint density at radius 3 is 2.11 bits per heavy atom. The predicted molar refractivity (Wildman–Crippen MR) is 25.9 cm³/mol. The van der Waals surface area contributed by atoms with E-state index in [1.54, 1.807) is 0 Å². The van der Waals surface area contributed by atoms with Crippen molar-refractivity contribution in [2.45, 2.75) is 0 Å². The molecule has 0 unspecified atom stereocenters. The Bertz CT molecular complexity index is 170. The maximum absolute atomic E-state index is 9.64. The summed E-state index contributed by atoms with van der Waals surface area (Å²) < 4.78 is 28.9. The van der Waals surface area contributed by atoms with Crippen molar-refractivity contribution in [3.63, 3.8) is 0 Å². The van der Waals surface area contributed by atoms with E-state index in [9.17, 15) is 13.0 Å². The molecule has 0 saturated carbocycles. The second kappa shape index (κ2) is 5.03. The number of hydrogen-bond donors (Lipinski definition) is 1. The van der Waals surface area contributed by atoms with Gasteiger partial charge in [-0.2, -0.15) is 0 Å². The van der Waals surface area contributed by atoms with Gasteiger partial charge >= 0.3 is 18.9 Å². The van der Waals surface area contributed by atoms with E-state index < -0.39 is 16.7 Å². The van der Waals surface area contributed by atoms with Crippen molar-refractivity contribution in [3.8, 4) is 0 Å². The van der Waals surface area contributed by atoms with Crippen molar-refractivity contribution in [1.82, 2.24) is 0 Å². The van der Waals surface area contributed by atoms with Gasteiger partial charge in [-0.1, -0.05) is 0 Å². The molecule has 0 aromatic heterocycles. The Morgan fingerprint density at radius 1 is 1.56 bits per heavy atom. The molecule has 0 aliphatic rings. The molecule has 0 bridgehead atoms. The molecular formula is C3H5LiO4S. The van der Waals surface area contributed by atoms with Crippen LogP contribution >= 0.6 is 0 Å². The summed E-state index contributed by atoms with van der Waals surface area (Å²) in [5, 5.41) is 8.35. The van der Waals surface area contributed by atoms with Crippen LogP contribution in [0.25, 0.3) is 0 Å². The fraction of sp³-hybridized carbons (Fsp3) is 0.333. The quantitative estimate of drug-likeness (QED) is 0.317. The van der Waals surface area contributed by atoms with Gasteiger partial charge in [-0.05, 0) is 6.08 Å². The van der Waals surface area contributed by atoms with Crippen LogP contribution in [0.15, 0.2) is 11.5 Å². The zero-order valence-corrected chi connectivity index (χ0v) is 5.76. The first kappa shape index (κ1) is 11.9. The maximum atomic E-state index is 9.64. The van der Waals surface area contributed by atoms with E-state index in [1.807, 2.05) is 0 Å². The number of rotatable bonds is 2. The first-order valence-corrected chi connectivity index (χ1v) is 3.26. The minimum Gasteiger partial charge on any atom is -0.744 e. The van der Waals surface area contributed by atoms with Gasteiger partial charge in [0.2, 0.25) is 0 Å². The Labute approximate surface area is 65.5 Å². The molecule has 1 N–H and O–H groups in total. The summed E-state index contributed by atoms with van der Waals surface area (Å²) in [6, 6.07) is 0. The summed E-state index contributed by atoms with van der Waals surface area (Å²) in [4.78, 5) is 0. The van der Waals surface area contributed by atoms with Crippen LogP contribution in [0.3, 0.4) is 0 Å². The SMILES string of the molecule is O=S(=O)([O-])C=CCO.[Li+]. The average molecular weight is 144 g/mol. The van der Waals surface area contributed by atoms with Crippen molar-refractivity contribution >= 4 is 10.1 Å². The van der Waals surface area contributed by atoms with Gasteiger partial charge < -0.3 is 9.66 Å². The van der Waals surface area contributed by atoms with E-state index in [-0.39, 0.29) is 18.9 Å². The topological polar surface area (TPSA) is 77.4 Å². The van der Waals surface area contributed by atoms with E-state index in [2.05, 4.69) is 0 Å². The second-order valence-corrected chi connectivity index (χ2v) is 2.30. The predicted octanol–water partition coefficient (Wildman–Crippen LogP) is -3.96. The monoisotopic (exact) mass is 144 g/mol. The molecule has 48 valence electrons.